The third-order valence-corrected chi connectivity index (χ3v) is 13.0. The maximum Gasteiger partial charge on any atom is 0.0547 e. The number of hydrogen-bond acceptors (Lipinski definition) is 1. The zero-order valence-corrected chi connectivity index (χ0v) is 36.3. The fourth-order valence-electron chi connectivity index (χ4n) is 9.84. The van der Waals surface area contributed by atoms with E-state index in [1.54, 1.807) is 0 Å². The molecule has 0 atom stereocenters. The molecule has 11 aromatic carbocycles. The van der Waals surface area contributed by atoms with Gasteiger partial charge in [-0.05, 0) is 122 Å². The highest BCUT2D eigenvalue weighted by Crippen LogP contribution is 2.44. The highest BCUT2D eigenvalue weighted by Gasteiger charge is 2.20. The standard InChI is InChI=1S/C64H44N2/c1-3-17-49(18-4-1)57-23-11-13-27-61(57)65(54-40-36-47(37-41-54)46-30-32-48(33-31-46)52-35-34-45-16-7-8-19-51(45)44-52)55-42-38-50(39-43-55)56-22-9-10-24-58(56)59-26-15-29-63-64(59)60-25-12-14-28-62(60)66(63)53-20-5-2-6-21-53/h1-44H. The second-order valence-electron chi connectivity index (χ2n) is 16.9. The molecule has 2 heteroatoms. The quantitative estimate of drug-likeness (QED) is 0.141. The van der Waals surface area contributed by atoms with E-state index < -0.39 is 0 Å². The third-order valence-electron chi connectivity index (χ3n) is 13.0. The van der Waals surface area contributed by atoms with Crippen LogP contribution in [-0.4, -0.2) is 4.57 Å². The van der Waals surface area contributed by atoms with E-state index in [2.05, 4.69) is 276 Å². The lowest BCUT2D eigenvalue weighted by Crippen LogP contribution is -2.11. The van der Waals surface area contributed by atoms with Gasteiger partial charge in [0.25, 0.3) is 0 Å². The van der Waals surface area contributed by atoms with Crippen molar-refractivity contribution in [2.75, 3.05) is 4.90 Å². The van der Waals surface area contributed by atoms with Crippen molar-refractivity contribution in [3.05, 3.63) is 267 Å². The first-order chi connectivity index (χ1) is 32.7. The molecule has 1 aromatic heterocycles. The van der Waals surface area contributed by atoms with E-state index in [1.807, 2.05) is 0 Å². The van der Waals surface area contributed by atoms with Gasteiger partial charge >= 0.3 is 0 Å². The van der Waals surface area contributed by atoms with Crippen LogP contribution in [0.25, 0.3) is 93.9 Å². The van der Waals surface area contributed by atoms with Crippen LogP contribution >= 0.6 is 0 Å². The van der Waals surface area contributed by atoms with Crippen LogP contribution < -0.4 is 4.90 Å². The Kier molecular flexibility index (Phi) is 9.89. The summed E-state index contributed by atoms with van der Waals surface area (Å²) in [5, 5.41) is 5.02. The molecule has 0 spiro atoms. The molecular weight excluding hydrogens is 797 g/mol. The minimum atomic E-state index is 1.08. The fraction of sp³-hybridized carbons (Fsp3) is 0. The van der Waals surface area contributed by atoms with Crippen molar-refractivity contribution >= 4 is 49.6 Å². The van der Waals surface area contributed by atoms with Gasteiger partial charge < -0.3 is 9.47 Å². The van der Waals surface area contributed by atoms with Gasteiger partial charge in [0.1, 0.15) is 0 Å². The molecule has 310 valence electrons. The van der Waals surface area contributed by atoms with E-state index in [9.17, 15) is 0 Å². The van der Waals surface area contributed by atoms with E-state index in [-0.39, 0.29) is 0 Å². The van der Waals surface area contributed by atoms with E-state index in [1.165, 1.54) is 82.6 Å². The summed E-state index contributed by atoms with van der Waals surface area (Å²) in [7, 11) is 0. The number of nitrogens with zero attached hydrogens (tertiary/aromatic N) is 2. The van der Waals surface area contributed by atoms with Crippen molar-refractivity contribution in [3.8, 4) is 61.3 Å². The lowest BCUT2D eigenvalue weighted by atomic mass is 9.91. The molecule has 12 aromatic rings. The van der Waals surface area contributed by atoms with E-state index in [4.69, 9.17) is 0 Å². The maximum atomic E-state index is 2.39. The average Bonchev–Trinajstić information content (AvgIpc) is 3.74. The van der Waals surface area contributed by atoms with Crippen LogP contribution in [0.3, 0.4) is 0 Å². The molecule has 0 unspecified atom stereocenters. The topological polar surface area (TPSA) is 8.17 Å². The molecule has 0 aliphatic carbocycles. The summed E-state index contributed by atoms with van der Waals surface area (Å²) in [6.07, 6.45) is 0. The lowest BCUT2D eigenvalue weighted by molar-refractivity contribution is 1.18. The van der Waals surface area contributed by atoms with Gasteiger partial charge in [-0.3, -0.25) is 0 Å². The number of rotatable bonds is 9. The SMILES string of the molecule is c1ccc(-c2ccccc2N(c2ccc(-c3ccc(-c4ccc5ccccc5c4)cc3)cc2)c2ccc(-c3ccccc3-c3cccc4c3c3ccccc3n4-c3ccccc3)cc2)cc1. The molecule has 0 fully saturated rings. The molecule has 0 saturated carbocycles. The summed E-state index contributed by atoms with van der Waals surface area (Å²) in [6, 6.07) is 96.8. The number of fused-ring (bicyclic) bond motifs is 4. The Hall–Kier alpha value is -8.72. The molecule has 0 saturated heterocycles. The molecule has 0 amide bonds. The molecule has 0 aliphatic heterocycles. The van der Waals surface area contributed by atoms with Gasteiger partial charge in [-0.1, -0.05) is 206 Å². The van der Waals surface area contributed by atoms with Crippen molar-refractivity contribution in [2.45, 2.75) is 0 Å². The van der Waals surface area contributed by atoms with Gasteiger partial charge in [0.05, 0.1) is 16.7 Å². The van der Waals surface area contributed by atoms with Crippen LogP contribution in [0.15, 0.2) is 267 Å². The van der Waals surface area contributed by atoms with Crippen molar-refractivity contribution < 1.29 is 0 Å². The van der Waals surface area contributed by atoms with Crippen LogP contribution in [0.5, 0.6) is 0 Å². The van der Waals surface area contributed by atoms with Crippen LogP contribution in [-0.2, 0) is 0 Å². The monoisotopic (exact) mass is 840 g/mol. The van der Waals surface area contributed by atoms with Gasteiger partial charge in [-0.15, -0.1) is 0 Å². The molecule has 0 radical (unpaired) electrons. The second kappa shape index (κ2) is 16.8. The van der Waals surface area contributed by atoms with Gasteiger partial charge in [-0.2, -0.15) is 0 Å². The summed E-state index contributed by atoms with van der Waals surface area (Å²) in [6.45, 7) is 0. The van der Waals surface area contributed by atoms with Crippen molar-refractivity contribution in [1.82, 2.24) is 4.57 Å². The molecule has 1 heterocycles. The zero-order valence-electron chi connectivity index (χ0n) is 36.3. The van der Waals surface area contributed by atoms with Crippen LogP contribution in [0, 0.1) is 0 Å². The summed E-state index contributed by atoms with van der Waals surface area (Å²) < 4.78 is 2.39. The second-order valence-corrected chi connectivity index (χ2v) is 16.9. The van der Waals surface area contributed by atoms with Gasteiger partial charge in [-0.25, -0.2) is 0 Å². The first-order valence-electron chi connectivity index (χ1n) is 22.7. The van der Waals surface area contributed by atoms with Crippen LogP contribution in [0.1, 0.15) is 0 Å². The van der Waals surface area contributed by atoms with Crippen LogP contribution in [0.4, 0.5) is 17.1 Å². The molecular formula is C64H44N2. The van der Waals surface area contributed by atoms with Gasteiger partial charge in [0.15, 0.2) is 0 Å². The Bertz CT molecular complexity index is 3660. The fourth-order valence-corrected chi connectivity index (χ4v) is 9.84. The van der Waals surface area contributed by atoms with Gasteiger partial charge in [0.2, 0.25) is 0 Å². The van der Waals surface area contributed by atoms with E-state index in [0.29, 0.717) is 0 Å². The molecule has 0 aliphatic rings. The van der Waals surface area contributed by atoms with E-state index >= 15 is 0 Å². The summed E-state index contributed by atoms with van der Waals surface area (Å²) in [5.41, 5.74) is 18.8. The van der Waals surface area contributed by atoms with Crippen LogP contribution in [0.2, 0.25) is 0 Å². The third kappa shape index (κ3) is 7.02. The Morgan fingerprint density at radius 3 is 1.48 bits per heavy atom. The Labute approximate surface area is 385 Å². The maximum absolute atomic E-state index is 2.39. The average molecular weight is 841 g/mol. The van der Waals surface area contributed by atoms with E-state index in [0.717, 1.165) is 28.3 Å². The first kappa shape index (κ1) is 38.9. The number of anilines is 3. The Morgan fingerprint density at radius 2 is 0.758 bits per heavy atom. The normalized spacial score (nSPS) is 11.3. The molecule has 0 bridgehead atoms. The highest BCUT2D eigenvalue weighted by molar-refractivity contribution is 6.16. The smallest absolute Gasteiger partial charge is 0.0547 e. The summed E-state index contributed by atoms with van der Waals surface area (Å²) in [4.78, 5) is 2.39. The first-order valence-corrected chi connectivity index (χ1v) is 22.7. The highest BCUT2D eigenvalue weighted by atomic mass is 15.1. The lowest BCUT2D eigenvalue weighted by Gasteiger charge is -2.28. The summed E-state index contributed by atoms with van der Waals surface area (Å²) >= 11 is 0. The van der Waals surface area contributed by atoms with Crippen molar-refractivity contribution in [1.29, 1.82) is 0 Å². The Morgan fingerprint density at radius 1 is 0.273 bits per heavy atom. The minimum absolute atomic E-state index is 1.08. The molecule has 2 nitrogen and oxygen atoms in total. The summed E-state index contributed by atoms with van der Waals surface area (Å²) in [5.74, 6) is 0. The molecule has 66 heavy (non-hydrogen) atoms. The number of benzene rings is 11. The molecule has 0 N–H and O–H groups in total. The number of para-hydroxylation sites is 3. The predicted molar refractivity (Wildman–Crippen MR) is 280 cm³/mol. The zero-order chi connectivity index (χ0) is 43.8. The number of aromatic nitrogens is 1. The Balaban J connectivity index is 0.926. The van der Waals surface area contributed by atoms with Crippen molar-refractivity contribution in [2.24, 2.45) is 0 Å². The molecule has 12 rings (SSSR count). The predicted octanol–water partition coefficient (Wildman–Crippen LogP) is 17.7. The largest absolute Gasteiger partial charge is 0.310 e. The van der Waals surface area contributed by atoms with Gasteiger partial charge in [0, 0.05) is 33.4 Å². The van der Waals surface area contributed by atoms with Crippen molar-refractivity contribution in [3.63, 3.8) is 0 Å². The number of hydrogen-bond donors (Lipinski definition) is 0. The minimum Gasteiger partial charge on any atom is -0.310 e.